The number of aromatic nitrogens is 2. The van der Waals surface area contributed by atoms with Crippen LogP contribution in [-0.2, 0) is 9.53 Å². The SMILES string of the molecule is O=C(NC(C(=O)O)C1CCCOC1)c1ccc(=O)n(-c2ccccc2F)n1. The Labute approximate surface area is 153 Å². The standard InChI is InChI=1S/C18H18FN3O5/c19-12-5-1-2-6-14(12)22-15(23)8-7-13(21-22)17(24)20-16(18(25)26)11-4-3-9-27-10-11/h1-2,5-8,11,16H,3-4,9-10H2,(H,20,24)(H,25,26). The highest BCUT2D eigenvalue weighted by molar-refractivity contribution is 5.94. The van der Waals surface area contributed by atoms with Crippen molar-refractivity contribution >= 4 is 11.9 Å². The molecule has 2 N–H and O–H groups in total. The van der Waals surface area contributed by atoms with Gasteiger partial charge in [-0.05, 0) is 31.0 Å². The summed E-state index contributed by atoms with van der Waals surface area (Å²) in [6, 6.07) is 6.62. The summed E-state index contributed by atoms with van der Waals surface area (Å²) in [7, 11) is 0. The maximum absolute atomic E-state index is 14.0. The van der Waals surface area contributed by atoms with E-state index in [9.17, 15) is 23.9 Å². The smallest absolute Gasteiger partial charge is 0.326 e. The van der Waals surface area contributed by atoms with Gasteiger partial charge in [-0.3, -0.25) is 9.59 Å². The molecule has 1 aromatic carbocycles. The third-order valence-electron chi connectivity index (χ3n) is 4.33. The fraction of sp³-hybridized carbons (Fsp3) is 0.333. The third kappa shape index (κ3) is 4.20. The zero-order chi connectivity index (χ0) is 19.4. The first kappa shape index (κ1) is 18.7. The number of amides is 1. The number of nitrogens with zero attached hydrogens (tertiary/aromatic N) is 2. The maximum Gasteiger partial charge on any atom is 0.326 e. The number of carboxylic acid groups (broad SMARTS) is 1. The molecule has 3 rings (SSSR count). The van der Waals surface area contributed by atoms with Crippen LogP contribution in [-0.4, -0.2) is 46.0 Å². The summed E-state index contributed by atoms with van der Waals surface area (Å²) in [6.45, 7) is 0.797. The van der Waals surface area contributed by atoms with Gasteiger partial charge < -0.3 is 15.2 Å². The fourth-order valence-electron chi connectivity index (χ4n) is 2.95. The third-order valence-corrected chi connectivity index (χ3v) is 4.33. The molecular weight excluding hydrogens is 357 g/mol. The number of halogens is 1. The Balaban J connectivity index is 1.86. The van der Waals surface area contributed by atoms with Gasteiger partial charge in [-0.25, -0.2) is 9.18 Å². The highest BCUT2D eigenvalue weighted by Crippen LogP contribution is 2.18. The van der Waals surface area contributed by atoms with Crippen molar-refractivity contribution < 1.29 is 23.8 Å². The first-order valence-corrected chi connectivity index (χ1v) is 8.44. The number of rotatable bonds is 5. The summed E-state index contributed by atoms with van der Waals surface area (Å²) < 4.78 is 20.0. The second kappa shape index (κ2) is 8.09. The van der Waals surface area contributed by atoms with Crippen LogP contribution in [0.3, 0.4) is 0 Å². The molecule has 1 aliphatic heterocycles. The van der Waals surface area contributed by atoms with Crippen LogP contribution >= 0.6 is 0 Å². The minimum absolute atomic E-state index is 0.104. The second-order valence-electron chi connectivity index (χ2n) is 6.19. The monoisotopic (exact) mass is 375 g/mol. The average molecular weight is 375 g/mol. The lowest BCUT2D eigenvalue weighted by molar-refractivity contribution is -0.142. The summed E-state index contributed by atoms with van der Waals surface area (Å²) in [5.41, 5.74) is -0.916. The topological polar surface area (TPSA) is 111 Å². The molecule has 2 heterocycles. The Bertz CT molecular complexity index is 908. The van der Waals surface area contributed by atoms with Crippen LogP contribution in [0.1, 0.15) is 23.3 Å². The molecule has 0 radical (unpaired) electrons. The number of hydrogen-bond acceptors (Lipinski definition) is 5. The van der Waals surface area contributed by atoms with Crippen LogP contribution in [0.2, 0.25) is 0 Å². The number of para-hydroxylation sites is 1. The molecule has 9 heteroatoms. The van der Waals surface area contributed by atoms with E-state index in [-0.39, 0.29) is 23.9 Å². The molecule has 27 heavy (non-hydrogen) atoms. The molecule has 2 unspecified atom stereocenters. The van der Waals surface area contributed by atoms with E-state index in [4.69, 9.17) is 4.74 Å². The van der Waals surface area contributed by atoms with Gasteiger partial charge in [0.25, 0.3) is 11.5 Å². The summed E-state index contributed by atoms with van der Waals surface area (Å²) in [5, 5.41) is 15.8. The van der Waals surface area contributed by atoms with Gasteiger partial charge >= 0.3 is 5.97 Å². The molecule has 142 valence electrons. The minimum Gasteiger partial charge on any atom is -0.480 e. The van der Waals surface area contributed by atoms with Crippen molar-refractivity contribution in [3.05, 3.63) is 58.3 Å². The van der Waals surface area contributed by atoms with Gasteiger partial charge in [-0.2, -0.15) is 9.78 Å². The highest BCUT2D eigenvalue weighted by atomic mass is 19.1. The van der Waals surface area contributed by atoms with Gasteiger partial charge in [0.15, 0.2) is 0 Å². The predicted octanol–water partition coefficient (Wildman–Crippen LogP) is 0.981. The molecule has 1 saturated heterocycles. The number of carbonyl (C=O) groups is 2. The molecule has 2 aromatic rings. The van der Waals surface area contributed by atoms with Crippen LogP contribution < -0.4 is 10.9 Å². The van der Waals surface area contributed by atoms with Crippen LogP contribution in [0, 0.1) is 11.7 Å². The van der Waals surface area contributed by atoms with Gasteiger partial charge in [0.1, 0.15) is 23.2 Å². The molecule has 0 aliphatic carbocycles. The summed E-state index contributed by atoms with van der Waals surface area (Å²) in [6.07, 6.45) is 1.32. The molecule has 0 spiro atoms. The Morgan fingerprint density at radius 3 is 2.74 bits per heavy atom. The quantitative estimate of drug-likeness (QED) is 0.806. The molecule has 1 fully saturated rings. The molecule has 0 bridgehead atoms. The molecule has 1 aromatic heterocycles. The summed E-state index contributed by atoms with van der Waals surface area (Å²) in [4.78, 5) is 36.1. The Morgan fingerprint density at radius 1 is 1.30 bits per heavy atom. The number of nitrogens with one attached hydrogen (secondary N) is 1. The van der Waals surface area contributed by atoms with Crippen LogP contribution in [0.15, 0.2) is 41.2 Å². The molecule has 1 amide bonds. The van der Waals surface area contributed by atoms with Crippen molar-refractivity contribution in [2.24, 2.45) is 5.92 Å². The number of benzene rings is 1. The van der Waals surface area contributed by atoms with Crippen molar-refractivity contribution in [3.8, 4) is 5.69 Å². The van der Waals surface area contributed by atoms with Crippen molar-refractivity contribution in [2.75, 3.05) is 13.2 Å². The van der Waals surface area contributed by atoms with Crippen LogP contribution in [0.4, 0.5) is 4.39 Å². The van der Waals surface area contributed by atoms with Crippen molar-refractivity contribution in [1.82, 2.24) is 15.1 Å². The Kier molecular flexibility index (Phi) is 5.60. The number of ether oxygens (including phenoxy) is 1. The molecule has 1 aliphatic rings. The van der Waals surface area contributed by atoms with E-state index in [1.807, 2.05) is 0 Å². The average Bonchev–Trinajstić information content (AvgIpc) is 2.67. The van der Waals surface area contributed by atoms with Gasteiger partial charge in [0.2, 0.25) is 0 Å². The van der Waals surface area contributed by atoms with Gasteiger partial charge in [-0.1, -0.05) is 12.1 Å². The van der Waals surface area contributed by atoms with Crippen molar-refractivity contribution in [1.29, 1.82) is 0 Å². The Morgan fingerprint density at radius 2 is 2.07 bits per heavy atom. The highest BCUT2D eigenvalue weighted by Gasteiger charge is 2.32. The van der Waals surface area contributed by atoms with E-state index in [0.29, 0.717) is 19.4 Å². The van der Waals surface area contributed by atoms with Gasteiger partial charge in [0, 0.05) is 18.6 Å². The maximum atomic E-state index is 14.0. The summed E-state index contributed by atoms with van der Waals surface area (Å²) >= 11 is 0. The second-order valence-corrected chi connectivity index (χ2v) is 6.19. The molecular formula is C18H18FN3O5. The lowest BCUT2D eigenvalue weighted by atomic mass is 9.93. The lowest BCUT2D eigenvalue weighted by Gasteiger charge is -2.27. The first-order valence-electron chi connectivity index (χ1n) is 8.44. The van der Waals surface area contributed by atoms with Crippen LogP contribution in [0.25, 0.3) is 5.69 Å². The van der Waals surface area contributed by atoms with Crippen molar-refractivity contribution in [3.63, 3.8) is 0 Å². The summed E-state index contributed by atoms with van der Waals surface area (Å²) in [5.74, 6) is -2.98. The number of carboxylic acids is 1. The van der Waals surface area contributed by atoms with Crippen molar-refractivity contribution in [2.45, 2.75) is 18.9 Å². The van der Waals surface area contributed by atoms with E-state index >= 15 is 0 Å². The zero-order valence-corrected chi connectivity index (χ0v) is 14.3. The lowest BCUT2D eigenvalue weighted by Crippen LogP contribution is -2.48. The number of hydrogen-bond donors (Lipinski definition) is 2. The minimum atomic E-state index is -1.18. The van der Waals surface area contributed by atoms with E-state index in [1.54, 1.807) is 0 Å². The molecule has 8 nitrogen and oxygen atoms in total. The predicted molar refractivity (Wildman–Crippen MR) is 92.2 cm³/mol. The van der Waals surface area contributed by atoms with E-state index < -0.39 is 29.3 Å². The molecule has 2 atom stereocenters. The normalized spacial score (nSPS) is 17.9. The van der Waals surface area contributed by atoms with Gasteiger partial charge in [-0.15, -0.1) is 0 Å². The zero-order valence-electron chi connectivity index (χ0n) is 14.3. The van der Waals surface area contributed by atoms with E-state index in [2.05, 4.69) is 10.4 Å². The number of aliphatic carboxylic acids is 1. The Hall–Kier alpha value is -3.07. The largest absolute Gasteiger partial charge is 0.480 e. The van der Waals surface area contributed by atoms with Gasteiger partial charge in [0.05, 0.1) is 6.61 Å². The van der Waals surface area contributed by atoms with E-state index in [0.717, 1.165) is 10.7 Å². The fourth-order valence-corrected chi connectivity index (χ4v) is 2.95. The first-order chi connectivity index (χ1) is 13.0. The molecule has 0 saturated carbocycles. The van der Waals surface area contributed by atoms with E-state index in [1.165, 1.54) is 30.3 Å². The number of carbonyl (C=O) groups excluding carboxylic acids is 1. The van der Waals surface area contributed by atoms with Crippen LogP contribution in [0.5, 0.6) is 0 Å².